The lowest BCUT2D eigenvalue weighted by Crippen LogP contribution is -2.58. The van der Waals surface area contributed by atoms with E-state index in [0.29, 0.717) is 6.61 Å². The Balaban J connectivity index is 1.92. The van der Waals surface area contributed by atoms with Crippen LogP contribution in [0.25, 0.3) is 0 Å². The van der Waals surface area contributed by atoms with Crippen LogP contribution in [0.2, 0.25) is 0 Å². The molecule has 0 spiro atoms. The summed E-state index contributed by atoms with van der Waals surface area (Å²) < 4.78 is 12.6. The van der Waals surface area contributed by atoms with Gasteiger partial charge < -0.3 is 9.47 Å². The summed E-state index contributed by atoms with van der Waals surface area (Å²) in [5.74, 6) is 0.890. The topological polar surface area (TPSA) is 21.7 Å². The van der Waals surface area contributed by atoms with Crippen LogP contribution in [0.3, 0.4) is 0 Å². The van der Waals surface area contributed by atoms with Gasteiger partial charge in [-0.25, -0.2) is 0 Å². The van der Waals surface area contributed by atoms with Crippen LogP contribution in [0.4, 0.5) is 0 Å². The zero-order chi connectivity index (χ0) is 18.1. The molecule has 25 heavy (non-hydrogen) atoms. The number of halogens is 1. The van der Waals surface area contributed by atoms with Crippen molar-refractivity contribution in [1.29, 1.82) is 0 Å². The second-order valence-electron chi connectivity index (χ2n) is 7.54. The van der Waals surface area contributed by atoms with Crippen LogP contribution >= 0.6 is 15.9 Å². The summed E-state index contributed by atoms with van der Waals surface area (Å²) in [6.07, 6.45) is 0. The van der Waals surface area contributed by atoms with Crippen LogP contribution in [0, 0.1) is 0 Å². The average molecular weight is 404 g/mol. The molecule has 2 aromatic carbocycles. The monoisotopic (exact) mass is 403 g/mol. The number of ether oxygens (including phenoxy) is 2. The van der Waals surface area contributed by atoms with E-state index in [2.05, 4.69) is 78.0 Å². The Morgan fingerprint density at radius 2 is 1.84 bits per heavy atom. The zero-order valence-electron chi connectivity index (χ0n) is 15.4. The molecule has 134 valence electrons. The second-order valence-corrected chi connectivity index (χ2v) is 8.45. The number of hydrogen-bond acceptors (Lipinski definition) is 3. The summed E-state index contributed by atoms with van der Waals surface area (Å²) in [6.45, 7) is 9.02. The van der Waals surface area contributed by atoms with Gasteiger partial charge in [0.25, 0.3) is 0 Å². The standard InChI is InChI=1S/C21H26BrNO2/c1-20(2)14-23(13-16-8-10-19(24-4)11-9-16)21(3,15-25-20)17-6-5-7-18(22)12-17/h5-12H,13-15H2,1-4H3/t21-/m0/s1. The molecule has 0 amide bonds. The first-order valence-electron chi connectivity index (χ1n) is 8.60. The molecule has 0 saturated carbocycles. The molecule has 2 aromatic rings. The van der Waals surface area contributed by atoms with Gasteiger partial charge in [0.1, 0.15) is 5.75 Å². The minimum atomic E-state index is -0.167. The predicted octanol–water partition coefficient (Wildman–Crippen LogP) is 4.98. The Labute approximate surface area is 159 Å². The molecule has 0 unspecified atom stereocenters. The Hall–Kier alpha value is -1.36. The van der Waals surface area contributed by atoms with Crippen LogP contribution in [-0.2, 0) is 16.8 Å². The molecule has 0 N–H and O–H groups in total. The number of benzene rings is 2. The smallest absolute Gasteiger partial charge is 0.118 e. The van der Waals surface area contributed by atoms with Gasteiger partial charge in [-0.05, 0) is 56.2 Å². The van der Waals surface area contributed by atoms with Gasteiger partial charge in [-0.2, -0.15) is 0 Å². The maximum absolute atomic E-state index is 6.20. The first kappa shape index (κ1) is 18.4. The molecule has 0 radical (unpaired) electrons. The van der Waals surface area contributed by atoms with E-state index in [4.69, 9.17) is 9.47 Å². The number of rotatable bonds is 4. The van der Waals surface area contributed by atoms with Gasteiger partial charge in [0.05, 0.1) is 24.9 Å². The number of morpholine rings is 1. The van der Waals surface area contributed by atoms with E-state index in [1.54, 1.807) is 7.11 Å². The molecule has 1 saturated heterocycles. The van der Waals surface area contributed by atoms with Crippen molar-refractivity contribution in [3.05, 3.63) is 64.1 Å². The molecule has 1 heterocycles. The number of hydrogen-bond donors (Lipinski definition) is 0. The van der Waals surface area contributed by atoms with E-state index >= 15 is 0 Å². The molecule has 1 aliphatic rings. The molecule has 1 fully saturated rings. The molecular weight excluding hydrogens is 378 g/mol. The molecule has 1 atom stereocenters. The van der Waals surface area contributed by atoms with Crippen LogP contribution in [0.1, 0.15) is 31.9 Å². The van der Waals surface area contributed by atoms with Crippen molar-refractivity contribution in [2.75, 3.05) is 20.3 Å². The fraction of sp³-hybridized carbons (Fsp3) is 0.429. The van der Waals surface area contributed by atoms with Crippen molar-refractivity contribution in [1.82, 2.24) is 4.90 Å². The lowest BCUT2D eigenvalue weighted by Gasteiger charge is -2.50. The van der Waals surface area contributed by atoms with E-state index in [9.17, 15) is 0 Å². The molecule has 3 rings (SSSR count). The van der Waals surface area contributed by atoms with Crippen molar-refractivity contribution in [2.45, 2.75) is 38.5 Å². The Bertz CT molecular complexity index is 729. The van der Waals surface area contributed by atoms with Crippen LogP contribution in [-0.4, -0.2) is 30.8 Å². The van der Waals surface area contributed by atoms with Crippen LogP contribution in [0.5, 0.6) is 5.75 Å². The fourth-order valence-electron chi connectivity index (χ4n) is 3.38. The summed E-state index contributed by atoms with van der Waals surface area (Å²) >= 11 is 3.60. The zero-order valence-corrected chi connectivity index (χ0v) is 17.0. The summed E-state index contributed by atoms with van der Waals surface area (Å²) in [7, 11) is 1.70. The van der Waals surface area contributed by atoms with Gasteiger partial charge in [-0.15, -0.1) is 0 Å². The first-order valence-corrected chi connectivity index (χ1v) is 9.40. The van der Waals surface area contributed by atoms with Gasteiger partial charge in [0, 0.05) is 17.6 Å². The average Bonchev–Trinajstić information content (AvgIpc) is 2.59. The predicted molar refractivity (Wildman–Crippen MR) is 105 cm³/mol. The van der Waals surface area contributed by atoms with Gasteiger partial charge in [0.15, 0.2) is 0 Å². The number of nitrogens with zero attached hydrogens (tertiary/aromatic N) is 1. The van der Waals surface area contributed by atoms with Gasteiger partial charge >= 0.3 is 0 Å². The minimum absolute atomic E-state index is 0.155. The van der Waals surface area contributed by atoms with Crippen LogP contribution in [0.15, 0.2) is 53.0 Å². The lowest BCUT2D eigenvalue weighted by atomic mass is 9.86. The highest BCUT2D eigenvalue weighted by molar-refractivity contribution is 9.10. The van der Waals surface area contributed by atoms with Gasteiger partial charge in [-0.3, -0.25) is 4.90 Å². The largest absolute Gasteiger partial charge is 0.497 e. The van der Waals surface area contributed by atoms with Crippen molar-refractivity contribution >= 4 is 15.9 Å². The van der Waals surface area contributed by atoms with E-state index in [0.717, 1.165) is 23.3 Å². The van der Waals surface area contributed by atoms with E-state index in [1.807, 2.05) is 12.1 Å². The van der Waals surface area contributed by atoms with Gasteiger partial charge in [0.2, 0.25) is 0 Å². The maximum Gasteiger partial charge on any atom is 0.118 e. The normalized spacial score (nSPS) is 23.4. The summed E-state index contributed by atoms with van der Waals surface area (Å²) in [4.78, 5) is 2.53. The molecule has 4 heteroatoms. The molecule has 3 nitrogen and oxygen atoms in total. The fourth-order valence-corrected chi connectivity index (χ4v) is 3.78. The maximum atomic E-state index is 6.20. The van der Waals surface area contributed by atoms with Crippen molar-refractivity contribution in [3.8, 4) is 5.75 Å². The summed E-state index contributed by atoms with van der Waals surface area (Å²) in [5, 5.41) is 0. The Morgan fingerprint density at radius 1 is 1.12 bits per heavy atom. The van der Waals surface area contributed by atoms with Gasteiger partial charge in [-0.1, -0.05) is 40.2 Å². The first-order chi connectivity index (χ1) is 11.8. The summed E-state index contributed by atoms with van der Waals surface area (Å²) in [5.41, 5.74) is 2.22. The highest BCUT2D eigenvalue weighted by Gasteiger charge is 2.43. The van der Waals surface area contributed by atoms with E-state index < -0.39 is 0 Å². The highest BCUT2D eigenvalue weighted by Crippen LogP contribution is 2.38. The third kappa shape index (κ3) is 4.08. The molecule has 0 aromatic heterocycles. The Morgan fingerprint density at radius 3 is 2.48 bits per heavy atom. The van der Waals surface area contributed by atoms with Crippen molar-refractivity contribution in [3.63, 3.8) is 0 Å². The molecule has 0 aliphatic carbocycles. The van der Waals surface area contributed by atoms with Crippen molar-refractivity contribution < 1.29 is 9.47 Å². The molecular formula is C21H26BrNO2. The third-order valence-electron chi connectivity index (χ3n) is 4.99. The summed E-state index contributed by atoms with van der Waals surface area (Å²) in [6, 6.07) is 16.9. The lowest BCUT2D eigenvalue weighted by molar-refractivity contribution is -0.155. The third-order valence-corrected chi connectivity index (χ3v) is 5.49. The van der Waals surface area contributed by atoms with Crippen LogP contribution < -0.4 is 4.74 Å². The van der Waals surface area contributed by atoms with E-state index in [1.165, 1.54) is 11.1 Å². The quantitative estimate of drug-likeness (QED) is 0.717. The van der Waals surface area contributed by atoms with Crippen molar-refractivity contribution in [2.24, 2.45) is 0 Å². The number of methoxy groups -OCH3 is 1. The molecule has 0 bridgehead atoms. The Kier molecular flexibility index (Phi) is 5.24. The molecule has 1 aliphatic heterocycles. The highest BCUT2D eigenvalue weighted by atomic mass is 79.9. The SMILES string of the molecule is COc1ccc(CN2CC(C)(C)OC[C@@]2(C)c2cccc(Br)c2)cc1. The second kappa shape index (κ2) is 7.10. The van der Waals surface area contributed by atoms with E-state index in [-0.39, 0.29) is 11.1 Å². The minimum Gasteiger partial charge on any atom is -0.497 e.